The van der Waals surface area contributed by atoms with Gasteiger partial charge in [0.15, 0.2) is 0 Å². The van der Waals surface area contributed by atoms with Crippen molar-refractivity contribution >= 4 is 0 Å². The molecular formula is C5H10N3O3-. The van der Waals surface area contributed by atoms with Gasteiger partial charge in [-0.05, 0) is 12.8 Å². The van der Waals surface area contributed by atoms with E-state index in [1.807, 2.05) is 0 Å². The van der Waals surface area contributed by atoms with Crippen molar-refractivity contribution < 1.29 is 5.11 Å². The molecule has 6 nitrogen and oxygen atoms in total. The number of nitroso groups, excluding NO2 is 1. The lowest BCUT2D eigenvalue weighted by molar-refractivity contribution is -0.0109. The minimum atomic E-state index is -0.231. The normalized spacial score (nSPS) is 25.5. The number of hydrogen-bond donors (Lipinski definition) is 1. The van der Waals surface area contributed by atoms with Gasteiger partial charge in [-0.2, -0.15) is 0 Å². The van der Waals surface area contributed by atoms with Gasteiger partial charge < -0.3 is 10.3 Å². The van der Waals surface area contributed by atoms with Crippen molar-refractivity contribution in [1.29, 1.82) is 0 Å². The van der Waals surface area contributed by atoms with E-state index in [0.717, 1.165) is 12.8 Å². The zero-order valence-corrected chi connectivity index (χ0v) is 6.01. The van der Waals surface area contributed by atoms with Crippen molar-refractivity contribution in [3.05, 3.63) is 10.1 Å². The third kappa shape index (κ3) is 1.65. The van der Waals surface area contributed by atoms with Crippen LogP contribution >= 0.6 is 0 Å². The highest BCUT2D eigenvalue weighted by atomic mass is 16.6. The van der Waals surface area contributed by atoms with E-state index in [1.54, 1.807) is 0 Å². The van der Waals surface area contributed by atoms with Crippen molar-refractivity contribution in [2.24, 2.45) is 5.29 Å². The Bertz CT molecular complexity index is 143. The van der Waals surface area contributed by atoms with E-state index in [2.05, 4.69) is 5.29 Å². The molecule has 1 atom stereocenters. The molecule has 0 aromatic carbocycles. The molecule has 0 saturated carbocycles. The molecule has 1 rings (SSSR count). The summed E-state index contributed by atoms with van der Waals surface area (Å²) in [6.07, 6.45) is 1.56. The molecule has 0 aromatic heterocycles. The van der Waals surface area contributed by atoms with Crippen LogP contribution in [-0.2, 0) is 0 Å². The van der Waals surface area contributed by atoms with E-state index in [-0.39, 0.29) is 17.9 Å². The maximum absolute atomic E-state index is 10.6. The fourth-order valence-electron chi connectivity index (χ4n) is 1.28. The van der Waals surface area contributed by atoms with Gasteiger partial charge in [0, 0.05) is 6.54 Å². The number of rotatable bonds is 3. The lowest BCUT2D eigenvalue weighted by Gasteiger charge is -2.34. The number of hydrazine groups is 1. The molecule has 11 heavy (non-hydrogen) atoms. The first-order valence-corrected chi connectivity index (χ1v) is 3.47. The molecule has 1 aliphatic heterocycles. The number of hydrogen-bond acceptors (Lipinski definition) is 5. The van der Waals surface area contributed by atoms with Crippen molar-refractivity contribution in [3.8, 4) is 0 Å². The first kappa shape index (κ1) is 8.38. The van der Waals surface area contributed by atoms with Crippen LogP contribution in [0.5, 0.6) is 0 Å². The van der Waals surface area contributed by atoms with E-state index >= 15 is 0 Å². The molecule has 1 N–H and O–H groups in total. The SMILES string of the molecule is O=NN([O-])N1CCCC1CO. The Balaban J connectivity index is 2.48. The van der Waals surface area contributed by atoms with Crippen LogP contribution in [0.3, 0.4) is 0 Å². The van der Waals surface area contributed by atoms with Gasteiger partial charge in [0.2, 0.25) is 0 Å². The van der Waals surface area contributed by atoms with Gasteiger partial charge >= 0.3 is 0 Å². The lowest BCUT2D eigenvalue weighted by Crippen LogP contribution is -2.40. The van der Waals surface area contributed by atoms with Gasteiger partial charge in [-0.3, -0.25) is 5.28 Å². The van der Waals surface area contributed by atoms with Gasteiger partial charge in [-0.1, -0.05) is 0 Å². The van der Waals surface area contributed by atoms with Gasteiger partial charge in [-0.25, -0.2) is 5.01 Å². The smallest absolute Gasteiger partial charge is 0.0605 e. The first-order chi connectivity index (χ1) is 5.29. The quantitative estimate of drug-likeness (QED) is 0.458. The zero-order valence-electron chi connectivity index (χ0n) is 6.01. The molecule has 64 valence electrons. The van der Waals surface area contributed by atoms with Crippen LogP contribution in [0.2, 0.25) is 0 Å². The van der Waals surface area contributed by atoms with Crippen LogP contribution in [0.1, 0.15) is 12.8 Å². The van der Waals surface area contributed by atoms with Crippen LogP contribution in [-0.4, -0.2) is 34.6 Å². The average molecular weight is 160 g/mol. The van der Waals surface area contributed by atoms with E-state index in [9.17, 15) is 10.1 Å². The highest BCUT2D eigenvalue weighted by Gasteiger charge is 2.24. The fourth-order valence-corrected chi connectivity index (χ4v) is 1.28. The van der Waals surface area contributed by atoms with Crippen molar-refractivity contribution in [2.45, 2.75) is 18.9 Å². The van der Waals surface area contributed by atoms with Crippen LogP contribution in [0.4, 0.5) is 0 Å². The molecule has 1 saturated heterocycles. The van der Waals surface area contributed by atoms with Crippen LogP contribution < -0.4 is 0 Å². The molecule has 0 amide bonds. The summed E-state index contributed by atoms with van der Waals surface area (Å²) in [5.74, 6) is 0. The summed E-state index contributed by atoms with van der Waals surface area (Å²) in [5, 5.41) is 22.8. The Kier molecular flexibility index (Phi) is 2.75. The average Bonchev–Trinajstić information content (AvgIpc) is 2.50. The molecule has 0 bridgehead atoms. The van der Waals surface area contributed by atoms with Gasteiger partial charge in [-0.15, -0.1) is 4.91 Å². The summed E-state index contributed by atoms with van der Waals surface area (Å²) in [4.78, 5) is 9.79. The Labute approximate surface area is 63.9 Å². The van der Waals surface area contributed by atoms with E-state index in [0.29, 0.717) is 6.54 Å². The number of nitrogens with zero attached hydrogens (tertiary/aromatic N) is 3. The predicted molar refractivity (Wildman–Crippen MR) is 37.8 cm³/mol. The molecule has 0 aliphatic carbocycles. The van der Waals surface area contributed by atoms with E-state index in [1.165, 1.54) is 5.01 Å². The number of aliphatic hydroxyl groups excluding tert-OH is 1. The van der Waals surface area contributed by atoms with Gasteiger partial charge in [0.25, 0.3) is 0 Å². The van der Waals surface area contributed by atoms with E-state index in [4.69, 9.17) is 5.11 Å². The molecule has 0 aromatic rings. The minimum Gasteiger partial charge on any atom is -0.724 e. The molecular weight excluding hydrogens is 150 g/mol. The minimum absolute atomic E-state index is 0.00782. The molecule has 1 heterocycles. The van der Waals surface area contributed by atoms with Crippen LogP contribution in [0, 0.1) is 10.1 Å². The largest absolute Gasteiger partial charge is 0.724 e. The maximum atomic E-state index is 10.6. The summed E-state index contributed by atoms with van der Waals surface area (Å²) in [6, 6.07) is -0.231. The van der Waals surface area contributed by atoms with Crippen molar-refractivity contribution in [2.75, 3.05) is 13.2 Å². The second-order valence-electron chi connectivity index (χ2n) is 2.48. The Morgan fingerprint density at radius 1 is 1.82 bits per heavy atom. The summed E-state index contributed by atoms with van der Waals surface area (Å²) in [7, 11) is 0. The van der Waals surface area contributed by atoms with Gasteiger partial charge in [0.1, 0.15) is 0 Å². The first-order valence-electron chi connectivity index (χ1n) is 3.47. The van der Waals surface area contributed by atoms with Gasteiger partial charge in [0.05, 0.1) is 17.9 Å². The molecule has 1 fully saturated rings. The summed E-state index contributed by atoms with van der Waals surface area (Å²) in [6.45, 7) is 0.398. The Hall–Kier alpha value is -0.720. The maximum Gasteiger partial charge on any atom is 0.0605 e. The van der Waals surface area contributed by atoms with Crippen molar-refractivity contribution in [3.63, 3.8) is 0 Å². The van der Waals surface area contributed by atoms with Crippen LogP contribution in [0.25, 0.3) is 0 Å². The van der Waals surface area contributed by atoms with Crippen LogP contribution in [0.15, 0.2) is 5.29 Å². The highest BCUT2D eigenvalue weighted by molar-refractivity contribution is 4.75. The zero-order chi connectivity index (χ0) is 8.27. The summed E-state index contributed by atoms with van der Waals surface area (Å²) >= 11 is 0. The van der Waals surface area contributed by atoms with E-state index < -0.39 is 0 Å². The second-order valence-corrected chi connectivity index (χ2v) is 2.48. The number of aliphatic hydroxyl groups is 1. The molecule has 1 aliphatic rings. The topological polar surface area (TPSA) is 79.2 Å². The summed E-state index contributed by atoms with van der Waals surface area (Å²) in [5.41, 5.74) is 0. The lowest BCUT2D eigenvalue weighted by atomic mass is 10.2. The third-order valence-electron chi connectivity index (χ3n) is 1.85. The molecule has 0 spiro atoms. The summed E-state index contributed by atoms with van der Waals surface area (Å²) < 4.78 is 0. The molecule has 0 radical (unpaired) electrons. The Morgan fingerprint density at radius 2 is 2.55 bits per heavy atom. The molecule has 1 unspecified atom stereocenters. The predicted octanol–water partition coefficient (Wildman–Crippen LogP) is -0.161. The second kappa shape index (κ2) is 3.61. The monoisotopic (exact) mass is 160 g/mol. The molecule has 6 heteroatoms. The third-order valence-corrected chi connectivity index (χ3v) is 1.85. The van der Waals surface area contributed by atoms with Crippen molar-refractivity contribution in [1.82, 2.24) is 10.3 Å². The highest BCUT2D eigenvalue weighted by Crippen LogP contribution is 2.18. The Morgan fingerprint density at radius 3 is 3.09 bits per heavy atom. The fraction of sp³-hybridized carbons (Fsp3) is 1.00. The standard InChI is InChI=1S/C5H10N3O3/c9-4-5-2-1-3-7(5)8(11)6-10/h5,9H,1-4H2/q-1.